The first-order chi connectivity index (χ1) is 9.74. The zero-order valence-electron chi connectivity index (χ0n) is 12.1. The molecule has 0 fully saturated rings. The maximum Gasteiger partial charge on any atom is 0.269 e. The third-order valence-electron chi connectivity index (χ3n) is 3.19. The summed E-state index contributed by atoms with van der Waals surface area (Å²) in [5.74, 6) is 1.27. The molecule has 0 aliphatic rings. The van der Waals surface area contributed by atoms with Crippen LogP contribution in [0, 0.1) is 10.1 Å². The summed E-state index contributed by atoms with van der Waals surface area (Å²) in [6, 6.07) is 6.81. The predicted octanol–water partition coefficient (Wildman–Crippen LogP) is 3.65. The van der Waals surface area contributed by atoms with Crippen LogP contribution in [0.1, 0.15) is 31.2 Å². The fourth-order valence-corrected chi connectivity index (χ4v) is 2.48. The van der Waals surface area contributed by atoms with E-state index in [-0.39, 0.29) is 10.6 Å². The summed E-state index contributed by atoms with van der Waals surface area (Å²) in [6.07, 6.45) is 8.25. The van der Waals surface area contributed by atoms with Gasteiger partial charge in [-0.25, -0.2) is 0 Å². The molecule has 0 amide bonds. The molecule has 1 aromatic carbocycles. The van der Waals surface area contributed by atoms with Crippen LogP contribution >= 0.6 is 11.8 Å². The highest BCUT2D eigenvalue weighted by Crippen LogP contribution is 2.11. The molecule has 0 saturated carbocycles. The van der Waals surface area contributed by atoms with E-state index in [1.165, 1.54) is 31.4 Å². The zero-order valence-corrected chi connectivity index (χ0v) is 13.0. The van der Waals surface area contributed by atoms with Crippen molar-refractivity contribution in [2.24, 2.45) is 0 Å². The molecule has 5 heteroatoms. The molecule has 0 saturated heterocycles. The van der Waals surface area contributed by atoms with Crippen molar-refractivity contribution in [2.75, 3.05) is 25.1 Å². The van der Waals surface area contributed by atoms with Crippen LogP contribution in [0.2, 0.25) is 0 Å². The smallest absolute Gasteiger partial charge is 0.269 e. The topological polar surface area (TPSA) is 55.2 Å². The van der Waals surface area contributed by atoms with Gasteiger partial charge in [-0.2, -0.15) is 11.8 Å². The molecule has 1 rings (SSSR count). The highest BCUT2D eigenvalue weighted by molar-refractivity contribution is 7.98. The Kier molecular flexibility index (Phi) is 9.07. The summed E-state index contributed by atoms with van der Waals surface area (Å²) in [5, 5.41) is 14.0. The van der Waals surface area contributed by atoms with Crippen LogP contribution in [0.15, 0.2) is 24.3 Å². The van der Waals surface area contributed by atoms with Crippen molar-refractivity contribution in [3.8, 4) is 0 Å². The van der Waals surface area contributed by atoms with Gasteiger partial charge >= 0.3 is 0 Å². The van der Waals surface area contributed by atoms with Crippen molar-refractivity contribution in [1.29, 1.82) is 0 Å². The van der Waals surface area contributed by atoms with Gasteiger partial charge in [-0.05, 0) is 49.9 Å². The maximum absolute atomic E-state index is 10.5. The second kappa shape index (κ2) is 10.7. The van der Waals surface area contributed by atoms with Gasteiger partial charge in [0.05, 0.1) is 4.92 Å². The number of nitrogens with one attached hydrogen (secondary N) is 1. The maximum atomic E-state index is 10.5. The Bertz CT molecular complexity index is 382. The SMILES string of the molecule is CSCCCCCCNCCc1ccc([N+](=O)[O-])cc1. The number of hydrogen-bond acceptors (Lipinski definition) is 4. The Morgan fingerprint density at radius 3 is 2.45 bits per heavy atom. The molecule has 0 aliphatic heterocycles. The fraction of sp³-hybridized carbons (Fsp3) is 0.600. The molecule has 0 unspecified atom stereocenters. The van der Waals surface area contributed by atoms with Gasteiger partial charge in [0.25, 0.3) is 5.69 Å². The molecule has 0 heterocycles. The van der Waals surface area contributed by atoms with Crippen LogP contribution in [0.5, 0.6) is 0 Å². The number of thioether (sulfide) groups is 1. The summed E-state index contributed by atoms with van der Waals surface area (Å²) in [4.78, 5) is 10.2. The molecule has 1 N–H and O–H groups in total. The number of nitro groups is 1. The van der Waals surface area contributed by atoms with E-state index in [2.05, 4.69) is 11.6 Å². The van der Waals surface area contributed by atoms with E-state index in [1.54, 1.807) is 12.1 Å². The number of rotatable bonds is 11. The predicted molar refractivity (Wildman–Crippen MR) is 86.5 cm³/mol. The van der Waals surface area contributed by atoms with Gasteiger partial charge in [-0.15, -0.1) is 0 Å². The third-order valence-corrected chi connectivity index (χ3v) is 3.89. The quantitative estimate of drug-likeness (QED) is 0.385. The molecule has 4 nitrogen and oxygen atoms in total. The molecule has 0 bridgehead atoms. The van der Waals surface area contributed by atoms with Gasteiger partial charge < -0.3 is 5.32 Å². The van der Waals surface area contributed by atoms with E-state index >= 15 is 0 Å². The van der Waals surface area contributed by atoms with Gasteiger partial charge in [0, 0.05) is 12.1 Å². The van der Waals surface area contributed by atoms with Crippen molar-refractivity contribution >= 4 is 17.4 Å². The van der Waals surface area contributed by atoms with Gasteiger partial charge in [-0.3, -0.25) is 10.1 Å². The molecule has 0 radical (unpaired) electrons. The summed E-state index contributed by atoms with van der Waals surface area (Å²) in [6.45, 7) is 1.99. The third kappa shape index (κ3) is 7.50. The number of benzene rings is 1. The molecule has 0 spiro atoms. The molecular formula is C15H24N2O2S. The Morgan fingerprint density at radius 2 is 1.80 bits per heavy atom. The number of hydrogen-bond donors (Lipinski definition) is 1. The van der Waals surface area contributed by atoms with E-state index in [1.807, 2.05) is 23.9 Å². The first-order valence-corrected chi connectivity index (χ1v) is 8.56. The van der Waals surface area contributed by atoms with Crippen LogP contribution in [0.4, 0.5) is 5.69 Å². The second-order valence-corrected chi connectivity index (χ2v) is 5.82. The fourth-order valence-electron chi connectivity index (χ4n) is 1.99. The van der Waals surface area contributed by atoms with Crippen LogP contribution in [-0.4, -0.2) is 30.0 Å². The van der Waals surface area contributed by atoms with Crippen molar-refractivity contribution < 1.29 is 4.92 Å². The lowest BCUT2D eigenvalue weighted by atomic mass is 10.1. The minimum absolute atomic E-state index is 0.159. The van der Waals surface area contributed by atoms with Crippen molar-refractivity contribution in [3.63, 3.8) is 0 Å². The monoisotopic (exact) mass is 296 g/mol. The van der Waals surface area contributed by atoms with Crippen LogP contribution in [0.25, 0.3) is 0 Å². The molecule has 20 heavy (non-hydrogen) atoms. The van der Waals surface area contributed by atoms with Crippen LogP contribution in [-0.2, 0) is 6.42 Å². The number of nitrogens with zero attached hydrogens (tertiary/aromatic N) is 1. The molecule has 0 aromatic heterocycles. The molecule has 0 atom stereocenters. The first-order valence-electron chi connectivity index (χ1n) is 7.17. The van der Waals surface area contributed by atoms with Gasteiger partial charge in [0.2, 0.25) is 0 Å². The van der Waals surface area contributed by atoms with E-state index in [9.17, 15) is 10.1 Å². The Balaban J connectivity index is 2.02. The first kappa shape index (κ1) is 17.0. The lowest BCUT2D eigenvalue weighted by molar-refractivity contribution is -0.384. The summed E-state index contributed by atoms with van der Waals surface area (Å²) in [5.41, 5.74) is 1.30. The molecule has 112 valence electrons. The Morgan fingerprint density at radius 1 is 1.10 bits per heavy atom. The number of unbranched alkanes of at least 4 members (excludes halogenated alkanes) is 3. The minimum atomic E-state index is -0.362. The number of nitro benzene ring substituents is 1. The van der Waals surface area contributed by atoms with Crippen molar-refractivity contribution in [1.82, 2.24) is 5.32 Å². The Labute approximate surface area is 125 Å². The van der Waals surface area contributed by atoms with Gasteiger partial charge in [-0.1, -0.05) is 25.0 Å². The average molecular weight is 296 g/mol. The highest BCUT2D eigenvalue weighted by atomic mass is 32.2. The van der Waals surface area contributed by atoms with E-state index < -0.39 is 0 Å². The van der Waals surface area contributed by atoms with Crippen LogP contribution < -0.4 is 5.32 Å². The zero-order chi connectivity index (χ0) is 14.6. The Hall–Kier alpha value is -1.07. The van der Waals surface area contributed by atoms with Gasteiger partial charge in [0.15, 0.2) is 0 Å². The van der Waals surface area contributed by atoms with E-state index in [0.29, 0.717) is 0 Å². The summed E-state index contributed by atoms with van der Waals surface area (Å²) >= 11 is 1.92. The normalized spacial score (nSPS) is 10.7. The summed E-state index contributed by atoms with van der Waals surface area (Å²) < 4.78 is 0. The number of non-ortho nitro benzene ring substituents is 1. The summed E-state index contributed by atoms with van der Waals surface area (Å²) in [7, 11) is 0. The molecule has 0 aliphatic carbocycles. The average Bonchev–Trinajstić information content (AvgIpc) is 2.46. The standard InChI is InChI=1S/C15H24N2O2S/c1-20-13-5-3-2-4-11-16-12-10-14-6-8-15(9-7-14)17(18)19/h6-9,16H,2-5,10-13H2,1H3. The minimum Gasteiger partial charge on any atom is -0.316 e. The van der Waals surface area contributed by atoms with Gasteiger partial charge in [0.1, 0.15) is 0 Å². The lowest BCUT2D eigenvalue weighted by Crippen LogP contribution is -2.18. The van der Waals surface area contributed by atoms with Crippen molar-refractivity contribution in [2.45, 2.75) is 32.1 Å². The highest BCUT2D eigenvalue weighted by Gasteiger charge is 2.03. The van der Waals surface area contributed by atoms with Crippen LogP contribution in [0.3, 0.4) is 0 Å². The lowest BCUT2D eigenvalue weighted by Gasteiger charge is -2.05. The molecule has 1 aromatic rings. The second-order valence-electron chi connectivity index (χ2n) is 4.83. The molecular weight excluding hydrogens is 272 g/mol. The van der Waals surface area contributed by atoms with E-state index in [0.717, 1.165) is 25.1 Å². The van der Waals surface area contributed by atoms with Crippen molar-refractivity contribution in [3.05, 3.63) is 39.9 Å². The van der Waals surface area contributed by atoms with E-state index in [4.69, 9.17) is 0 Å². The largest absolute Gasteiger partial charge is 0.316 e.